The fourth-order valence-electron chi connectivity index (χ4n) is 2.13. The van der Waals surface area contributed by atoms with Crippen molar-refractivity contribution in [3.05, 3.63) is 85.0 Å². The van der Waals surface area contributed by atoms with E-state index in [2.05, 4.69) is 5.32 Å². The Kier molecular flexibility index (Phi) is 5.16. The van der Waals surface area contributed by atoms with E-state index in [1.54, 1.807) is 25.4 Å². The molecule has 1 heterocycles. The van der Waals surface area contributed by atoms with Gasteiger partial charge in [-0.15, -0.1) is 0 Å². The van der Waals surface area contributed by atoms with Gasteiger partial charge in [0, 0.05) is 24.0 Å². The molecule has 3 rings (SSSR count). The molecule has 0 aliphatic heterocycles. The number of carbonyl (C=O) groups is 1. The summed E-state index contributed by atoms with van der Waals surface area (Å²) in [6.45, 7) is 0. The summed E-state index contributed by atoms with van der Waals surface area (Å²) in [5.74, 6) is 2.25. The van der Waals surface area contributed by atoms with E-state index < -0.39 is 0 Å². The van der Waals surface area contributed by atoms with Crippen LogP contribution < -0.4 is 14.8 Å². The molecule has 0 spiro atoms. The first-order valence-electron chi connectivity index (χ1n) is 7.67. The lowest BCUT2D eigenvalue weighted by Gasteiger charge is -2.08. The molecular weight excluding hydrogens is 318 g/mol. The molecule has 2 aromatic carbocycles. The van der Waals surface area contributed by atoms with Gasteiger partial charge in [-0.05, 0) is 48.5 Å². The van der Waals surface area contributed by atoms with Crippen LogP contribution in [0.4, 0.5) is 5.69 Å². The Morgan fingerprint density at radius 3 is 2.52 bits per heavy atom. The molecule has 0 atom stereocenters. The maximum Gasteiger partial charge on any atom is 0.222 e. The Morgan fingerprint density at radius 1 is 1.00 bits per heavy atom. The van der Waals surface area contributed by atoms with Crippen molar-refractivity contribution in [1.29, 1.82) is 0 Å². The first kappa shape index (κ1) is 16.4. The summed E-state index contributed by atoms with van der Waals surface area (Å²) in [4.78, 5) is 11.8. The number of methoxy groups -OCH3 is 1. The predicted molar refractivity (Wildman–Crippen MR) is 95.3 cm³/mol. The molecule has 1 aromatic heterocycles. The number of furan rings is 1. The van der Waals surface area contributed by atoms with Gasteiger partial charge in [0.25, 0.3) is 0 Å². The lowest BCUT2D eigenvalue weighted by Crippen LogP contribution is -1.94. The minimum absolute atomic E-state index is 0.199. The van der Waals surface area contributed by atoms with E-state index in [1.165, 1.54) is 12.3 Å². The fourth-order valence-corrected chi connectivity index (χ4v) is 2.13. The van der Waals surface area contributed by atoms with Gasteiger partial charge in [-0.25, -0.2) is 0 Å². The highest BCUT2D eigenvalue weighted by molar-refractivity contribution is 6.02. The zero-order valence-corrected chi connectivity index (χ0v) is 13.6. The minimum atomic E-state index is -0.199. The second-order valence-electron chi connectivity index (χ2n) is 5.12. The van der Waals surface area contributed by atoms with Crippen LogP contribution in [0, 0.1) is 0 Å². The van der Waals surface area contributed by atoms with Crippen molar-refractivity contribution in [2.45, 2.75) is 0 Å². The topological polar surface area (TPSA) is 60.7 Å². The van der Waals surface area contributed by atoms with Crippen LogP contribution in [0.15, 0.2) is 83.6 Å². The van der Waals surface area contributed by atoms with Crippen molar-refractivity contribution in [2.24, 2.45) is 0 Å². The van der Waals surface area contributed by atoms with Gasteiger partial charge in [0.05, 0.1) is 13.4 Å². The highest BCUT2D eigenvalue weighted by Crippen LogP contribution is 2.26. The number of carbonyl (C=O) groups excluding carboxylic acids is 1. The standard InChI is InChI=1S/C20H17NO4/c1-23-17-4-2-5-18(14-17)25-16-9-7-15(8-10-16)21-12-11-19(22)20-6-3-13-24-20/h2-14,21H,1H3/b12-11+. The lowest BCUT2D eigenvalue weighted by atomic mass is 10.3. The van der Waals surface area contributed by atoms with Crippen LogP contribution >= 0.6 is 0 Å². The fraction of sp³-hybridized carbons (Fsp3) is 0.0500. The van der Waals surface area contributed by atoms with Crippen molar-refractivity contribution < 1.29 is 18.7 Å². The molecule has 3 aromatic rings. The Hall–Kier alpha value is -3.47. The van der Waals surface area contributed by atoms with E-state index >= 15 is 0 Å². The molecule has 0 aliphatic carbocycles. The summed E-state index contributed by atoms with van der Waals surface area (Å²) >= 11 is 0. The zero-order chi connectivity index (χ0) is 17.5. The van der Waals surface area contributed by atoms with Crippen molar-refractivity contribution >= 4 is 11.5 Å². The summed E-state index contributed by atoms with van der Waals surface area (Å²) < 4.78 is 16.0. The number of nitrogens with one attached hydrogen (secondary N) is 1. The highest BCUT2D eigenvalue weighted by atomic mass is 16.5. The smallest absolute Gasteiger partial charge is 0.222 e. The van der Waals surface area contributed by atoms with Crippen LogP contribution in [0.1, 0.15) is 10.6 Å². The monoisotopic (exact) mass is 335 g/mol. The Morgan fingerprint density at radius 2 is 1.80 bits per heavy atom. The number of hydrogen-bond acceptors (Lipinski definition) is 5. The first-order chi connectivity index (χ1) is 12.2. The maximum atomic E-state index is 11.8. The summed E-state index contributed by atoms with van der Waals surface area (Å²) in [5, 5.41) is 3.03. The summed E-state index contributed by atoms with van der Waals surface area (Å²) in [7, 11) is 1.61. The second-order valence-corrected chi connectivity index (χ2v) is 5.12. The van der Waals surface area contributed by atoms with Crippen molar-refractivity contribution in [3.63, 3.8) is 0 Å². The lowest BCUT2D eigenvalue weighted by molar-refractivity contribution is 0.102. The van der Waals surface area contributed by atoms with Crippen LogP contribution in [0.3, 0.4) is 0 Å². The predicted octanol–water partition coefficient (Wildman–Crippen LogP) is 4.89. The van der Waals surface area contributed by atoms with Crippen LogP contribution in [-0.2, 0) is 0 Å². The molecule has 0 amide bonds. The number of benzene rings is 2. The van der Waals surface area contributed by atoms with E-state index in [0.29, 0.717) is 17.3 Å². The van der Waals surface area contributed by atoms with Gasteiger partial charge in [-0.1, -0.05) is 6.07 Å². The Bertz CT molecular complexity index is 852. The zero-order valence-electron chi connectivity index (χ0n) is 13.6. The third kappa shape index (κ3) is 4.51. The van der Waals surface area contributed by atoms with Crippen LogP contribution in [-0.4, -0.2) is 12.9 Å². The number of anilines is 1. The van der Waals surface area contributed by atoms with Gasteiger partial charge in [0.2, 0.25) is 5.78 Å². The third-order valence-electron chi connectivity index (χ3n) is 3.38. The number of allylic oxidation sites excluding steroid dienone is 1. The van der Waals surface area contributed by atoms with Gasteiger partial charge in [-0.3, -0.25) is 4.79 Å². The first-order valence-corrected chi connectivity index (χ1v) is 7.67. The quantitative estimate of drug-likeness (QED) is 0.492. The van der Waals surface area contributed by atoms with Crippen molar-refractivity contribution in [2.75, 3.05) is 12.4 Å². The van der Waals surface area contributed by atoms with E-state index in [0.717, 1.165) is 11.4 Å². The Balaban J connectivity index is 1.57. The molecule has 0 unspecified atom stereocenters. The average molecular weight is 335 g/mol. The largest absolute Gasteiger partial charge is 0.497 e. The Labute approximate surface area is 145 Å². The molecular formula is C20H17NO4. The molecule has 0 saturated carbocycles. The molecule has 126 valence electrons. The highest BCUT2D eigenvalue weighted by Gasteiger charge is 2.03. The normalized spacial score (nSPS) is 10.6. The van der Waals surface area contributed by atoms with Crippen molar-refractivity contribution in [1.82, 2.24) is 0 Å². The molecule has 5 nitrogen and oxygen atoms in total. The summed E-state index contributed by atoms with van der Waals surface area (Å²) in [5.41, 5.74) is 0.835. The molecule has 1 N–H and O–H groups in total. The summed E-state index contributed by atoms with van der Waals surface area (Å²) in [6, 6.07) is 18.1. The molecule has 0 saturated heterocycles. The van der Waals surface area contributed by atoms with E-state index in [1.807, 2.05) is 48.5 Å². The SMILES string of the molecule is COc1cccc(Oc2ccc(N/C=C/C(=O)c3ccco3)cc2)c1. The van der Waals surface area contributed by atoms with Gasteiger partial charge >= 0.3 is 0 Å². The molecule has 25 heavy (non-hydrogen) atoms. The molecule has 0 radical (unpaired) electrons. The third-order valence-corrected chi connectivity index (χ3v) is 3.38. The van der Waals surface area contributed by atoms with E-state index in [-0.39, 0.29) is 5.78 Å². The number of ether oxygens (including phenoxy) is 2. The van der Waals surface area contributed by atoms with E-state index in [9.17, 15) is 4.79 Å². The van der Waals surface area contributed by atoms with Crippen LogP contribution in [0.2, 0.25) is 0 Å². The van der Waals surface area contributed by atoms with Gasteiger partial charge in [0.15, 0.2) is 5.76 Å². The number of hydrogen-bond donors (Lipinski definition) is 1. The van der Waals surface area contributed by atoms with Gasteiger partial charge < -0.3 is 19.2 Å². The number of rotatable bonds is 7. The molecule has 0 aliphatic rings. The molecule has 5 heteroatoms. The molecule has 0 fully saturated rings. The summed E-state index contributed by atoms with van der Waals surface area (Å²) in [6.07, 6.45) is 4.46. The second kappa shape index (κ2) is 7.88. The van der Waals surface area contributed by atoms with Crippen molar-refractivity contribution in [3.8, 4) is 17.2 Å². The average Bonchev–Trinajstić information content (AvgIpc) is 3.18. The van der Waals surface area contributed by atoms with Crippen LogP contribution in [0.25, 0.3) is 0 Å². The minimum Gasteiger partial charge on any atom is -0.497 e. The van der Waals surface area contributed by atoms with Crippen LogP contribution in [0.5, 0.6) is 17.2 Å². The molecule has 0 bridgehead atoms. The maximum absolute atomic E-state index is 11.8. The van der Waals surface area contributed by atoms with E-state index in [4.69, 9.17) is 13.9 Å². The number of ketones is 1. The van der Waals surface area contributed by atoms with Gasteiger partial charge in [0.1, 0.15) is 17.2 Å². The van der Waals surface area contributed by atoms with Gasteiger partial charge in [-0.2, -0.15) is 0 Å².